The molecule has 0 bridgehead atoms. The fourth-order valence-electron chi connectivity index (χ4n) is 4.30. The lowest BCUT2D eigenvalue weighted by Crippen LogP contribution is -2.44. The Morgan fingerprint density at radius 1 is 0.941 bits per heavy atom. The highest BCUT2D eigenvalue weighted by Crippen LogP contribution is 2.34. The second kappa shape index (κ2) is 9.99. The number of rotatable bonds is 7. The number of sulfonamides is 1. The zero-order chi connectivity index (χ0) is 24.2. The van der Waals surface area contributed by atoms with E-state index < -0.39 is 10.0 Å². The molecule has 3 aromatic carbocycles. The van der Waals surface area contributed by atoms with Gasteiger partial charge in [-0.1, -0.05) is 48.0 Å². The molecule has 0 radical (unpaired) electrons. The van der Waals surface area contributed by atoms with Crippen molar-refractivity contribution < 1.29 is 17.9 Å². The third-order valence-electron chi connectivity index (χ3n) is 6.60. The van der Waals surface area contributed by atoms with Crippen LogP contribution < -0.4 is 9.62 Å². The monoisotopic (exact) mass is 478 g/mol. The van der Waals surface area contributed by atoms with E-state index in [1.54, 1.807) is 48.5 Å². The van der Waals surface area contributed by atoms with Crippen LogP contribution in [0.2, 0.25) is 0 Å². The highest BCUT2D eigenvalue weighted by molar-refractivity contribution is 7.92. The van der Waals surface area contributed by atoms with Gasteiger partial charge >= 0.3 is 0 Å². The van der Waals surface area contributed by atoms with E-state index in [-0.39, 0.29) is 16.2 Å². The summed E-state index contributed by atoms with van der Waals surface area (Å²) < 4.78 is 32.7. The summed E-state index contributed by atoms with van der Waals surface area (Å²) >= 11 is 0. The van der Waals surface area contributed by atoms with E-state index in [9.17, 15) is 13.2 Å². The Balaban J connectivity index is 1.46. The van der Waals surface area contributed by atoms with Crippen molar-refractivity contribution in [3.05, 3.63) is 95.6 Å². The molecule has 178 valence electrons. The third-order valence-corrected chi connectivity index (χ3v) is 8.40. The number of carbonyl (C=O) groups is 1. The summed E-state index contributed by atoms with van der Waals surface area (Å²) in [5.41, 5.74) is 3.02. The van der Waals surface area contributed by atoms with Gasteiger partial charge in [-0.25, -0.2) is 8.42 Å². The molecule has 1 fully saturated rings. The molecule has 0 aromatic heterocycles. The van der Waals surface area contributed by atoms with Crippen LogP contribution in [-0.2, 0) is 20.2 Å². The van der Waals surface area contributed by atoms with Gasteiger partial charge in [-0.2, -0.15) is 0 Å². The molecule has 34 heavy (non-hydrogen) atoms. The fourth-order valence-corrected chi connectivity index (χ4v) is 5.50. The number of anilines is 1. The van der Waals surface area contributed by atoms with Gasteiger partial charge in [0.05, 0.1) is 10.6 Å². The number of hydrogen-bond acceptors (Lipinski definition) is 4. The highest BCUT2D eigenvalue weighted by atomic mass is 32.2. The van der Waals surface area contributed by atoms with Gasteiger partial charge in [0.25, 0.3) is 15.9 Å². The predicted octanol–water partition coefficient (Wildman–Crippen LogP) is 4.30. The molecule has 1 saturated heterocycles. The molecule has 4 rings (SSSR count). The van der Waals surface area contributed by atoms with Crippen molar-refractivity contribution in [3.63, 3.8) is 0 Å². The van der Waals surface area contributed by atoms with Gasteiger partial charge in [-0.15, -0.1) is 0 Å². The number of hydrogen-bond donors (Lipinski definition) is 1. The molecule has 1 heterocycles. The van der Waals surface area contributed by atoms with Crippen molar-refractivity contribution in [1.29, 1.82) is 0 Å². The van der Waals surface area contributed by atoms with Gasteiger partial charge in [0, 0.05) is 37.8 Å². The van der Waals surface area contributed by atoms with E-state index in [0.29, 0.717) is 31.0 Å². The number of carbonyl (C=O) groups excluding carboxylic acids is 1. The summed E-state index contributed by atoms with van der Waals surface area (Å²) in [4.78, 5) is 13.1. The molecular weight excluding hydrogens is 448 g/mol. The highest BCUT2D eigenvalue weighted by Gasteiger charge is 2.34. The van der Waals surface area contributed by atoms with E-state index >= 15 is 0 Å². The van der Waals surface area contributed by atoms with E-state index in [2.05, 4.69) is 17.4 Å². The SMILES string of the molecule is Cc1ccc(S(=O)(=O)N(C)c2ccc(C(=O)NCC3(c4ccccc4)CCOCC3)cc2)cc1. The van der Waals surface area contributed by atoms with Gasteiger partial charge in [0.2, 0.25) is 0 Å². The van der Waals surface area contributed by atoms with Crippen molar-refractivity contribution in [2.45, 2.75) is 30.1 Å². The lowest BCUT2D eigenvalue weighted by molar-refractivity contribution is 0.0487. The quantitative estimate of drug-likeness (QED) is 0.549. The Kier molecular flexibility index (Phi) is 7.05. The molecular formula is C27H30N2O4S. The van der Waals surface area contributed by atoms with Crippen molar-refractivity contribution in [1.82, 2.24) is 5.32 Å². The smallest absolute Gasteiger partial charge is 0.264 e. The van der Waals surface area contributed by atoms with Crippen LogP contribution in [-0.4, -0.2) is 41.1 Å². The fraction of sp³-hybridized carbons (Fsp3) is 0.296. The number of benzene rings is 3. The lowest BCUT2D eigenvalue weighted by atomic mass is 9.74. The molecule has 0 saturated carbocycles. The van der Waals surface area contributed by atoms with Crippen LogP contribution in [0.4, 0.5) is 5.69 Å². The zero-order valence-corrected chi connectivity index (χ0v) is 20.3. The molecule has 0 atom stereocenters. The van der Waals surface area contributed by atoms with Crippen LogP contribution in [0.5, 0.6) is 0 Å². The van der Waals surface area contributed by atoms with Crippen LogP contribution in [0.1, 0.15) is 34.3 Å². The van der Waals surface area contributed by atoms with Crippen LogP contribution in [0.3, 0.4) is 0 Å². The maximum Gasteiger partial charge on any atom is 0.264 e. The minimum absolute atomic E-state index is 0.155. The standard InChI is InChI=1S/C27H30N2O4S/c1-21-8-14-25(15-9-21)34(31,32)29(2)24-12-10-22(11-13-24)26(30)28-20-27(16-18-33-19-17-27)23-6-4-3-5-7-23/h3-15H,16-20H2,1-2H3,(H,28,30). The predicted molar refractivity (Wildman–Crippen MR) is 134 cm³/mol. The van der Waals surface area contributed by atoms with Gasteiger partial charge in [0.1, 0.15) is 0 Å². The maximum atomic E-state index is 12.9. The Morgan fingerprint density at radius 3 is 2.18 bits per heavy atom. The Bertz CT molecular complexity index is 1220. The summed E-state index contributed by atoms with van der Waals surface area (Å²) in [6, 6.07) is 23.6. The van der Waals surface area contributed by atoms with E-state index in [0.717, 1.165) is 18.4 Å². The molecule has 1 amide bonds. The molecule has 1 aliphatic rings. The third kappa shape index (κ3) is 5.00. The minimum atomic E-state index is -3.68. The molecule has 0 spiro atoms. The summed E-state index contributed by atoms with van der Waals surface area (Å²) in [7, 11) is -2.17. The molecule has 1 N–H and O–H groups in total. The van der Waals surface area contributed by atoms with Crippen molar-refractivity contribution >= 4 is 21.6 Å². The topological polar surface area (TPSA) is 75.7 Å². The molecule has 1 aliphatic heterocycles. The van der Waals surface area contributed by atoms with E-state index in [1.165, 1.54) is 16.9 Å². The summed E-state index contributed by atoms with van der Waals surface area (Å²) in [5, 5.41) is 3.09. The number of ether oxygens (including phenoxy) is 1. The molecule has 0 aliphatic carbocycles. The van der Waals surface area contributed by atoms with Crippen LogP contribution in [0.15, 0.2) is 83.8 Å². The first-order chi connectivity index (χ1) is 16.3. The molecule has 7 heteroatoms. The summed E-state index contributed by atoms with van der Waals surface area (Å²) in [6.45, 7) is 3.76. The van der Waals surface area contributed by atoms with Crippen LogP contribution in [0, 0.1) is 6.92 Å². The average Bonchev–Trinajstić information content (AvgIpc) is 2.88. The van der Waals surface area contributed by atoms with Gasteiger partial charge in [-0.3, -0.25) is 9.10 Å². The lowest BCUT2D eigenvalue weighted by Gasteiger charge is -2.38. The minimum Gasteiger partial charge on any atom is -0.381 e. The van der Waals surface area contributed by atoms with Gasteiger partial charge in [-0.05, 0) is 61.7 Å². The van der Waals surface area contributed by atoms with Crippen molar-refractivity contribution in [2.24, 2.45) is 0 Å². The largest absolute Gasteiger partial charge is 0.381 e. The van der Waals surface area contributed by atoms with Gasteiger partial charge < -0.3 is 10.1 Å². The summed E-state index contributed by atoms with van der Waals surface area (Å²) in [5.74, 6) is -0.183. The van der Waals surface area contributed by atoms with Crippen molar-refractivity contribution in [2.75, 3.05) is 31.1 Å². The number of amides is 1. The zero-order valence-electron chi connectivity index (χ0n) is 19.5. The Morgan fingerprint density at radius 2 is 1.56 bits per heavy atom. The second-order valence-electron chi connectivity index (χ2n) is 8.77. The normalized spacial score (nSPS) is 15.5. The average molecular weight is 479 g/mol. The number of aryl methyl sites for hydroxylation is 1. The number of nitrogens with zero attached hydrogens (tertiary/aromatic N) is 1. The Hall–Kier alpha value is -3.16. The first-order valence-corrected chi connectivity index (χ1v) is 12.8. The van der Waals surface area contributed by atoms with Gasteiger partial charge in [0.15, 0.2) is 0 Å². The first kappa shape index (κ1) is 24.0. The van der Waals surface area contributed by atoms with Crippen molar-refractivity contribution in [3.8, 4) is 0 Å². The Labute approximate surface area is 201 Å². The molecule has 3 aromatic rings. The van der Waals surface area contributed by atoms with Crippen LogP contribution in [0.25, 0.3) is 0 Å². The van der Waals surface area contributed by atoms with Crippen LogP contribution >= 0.6 is 0 Å². The summed E-state index contributed by atoms with van der Waals surface area (Å²) in [6.07, 6.45) is 1.69. The van der Waals surface area contributed by atoms with E-state index in [4.69, 9.17) is 4.74 Å². The molecule has 0 unspecified atom stereocenters. The van der Waals surface area contributed by atoms with E-state index in [1.807, 2.05) is 25.1 Å². The number of nitrogens with one attached hydrogen (secondary N) is 1. The first-order valence-electron chi connectivity index (χ1n) is 11.4. The molecule has 6 nitrogen and oxygen atoms in total. The maximum absolute atomic E-state index is 12.9. The second-order valence-corrected chi connectivity index (χ2v) is 10.7.